The van der Waals surface area contributed by atoms with Crippen molar-refractivity contribution in [1.82, 2.24) is 25.6 Å². The first-order valence-corrected chi connectivity index (χ1v) is 9.29. The first-order valence-electron chi connectivity index (χ1n) is 7.23. The van der Waals surface area contributed by atoms with E-state index < -0.39 is 9.84 Å². The fraction of sp³-hybridized carbons (Fsp3) is 0.462. The Morgan fingerprint density at radius 1 is 1.48 bits per heavy atom. The molecule has 0 bridgehead atoms. The van der Waals surface area contributed by atoms with E-state index in [4.69, 9.17) is 14.6 Å². The average Bonchev–Trinajstić information content (AvgIpc) is 3.09. The van der Waals surface area contributed by atoms with Gasteiger partial charge in [-0.25, -0.2) is 13.4 Å². The maximum atomic E-state index is 11.3. The first-order chi connectivity index (χ1) is 11.9. The molecule has 1 fully saturated rings. The van der Waals surface area contributed by atoms with Crippen molar-refractivity contribution in [2.75, 3.05) is 30.9 Å². The number of pyridine rings is 1. The highest BCUT2D eigenvalue weighted by Gasteiger charge is 2.25. The van der Waals surface area contributed by atoms with Crippen LogP contribution in [0, 0.1) is 0 Å². The summed E-state index contributed by atoms with van der Waals surface area (Å²) in [5.74, 6) is 1.28. The lowest BCUT2D eigenvalue weighted by Crippen LogP contribution is -2.39. The number of aromatic nitrogens is 5. The van der Waals surface area contributed by atoms with E-state index in [9.17, 15) is 8.42 Å². The Bertz CT molecular complexity index is 765. The Labute approximate surface area is 143 Å². The molecule has 0 aliphatic carbocycles. The molecule has 25 heavy (non-hydrogen) atoms. The predicted molar refractivity (Wildman–Crippen MR) is 86.6 cm³/mol. The number of anilines is 1. The highest BCUT2D eigenvalue weighted by molar-refractivity contribution is 7.89. The van der Waals surface area contributed by atoms with E-state index in [1.54, 1.807) is 12.3 Å². The molecule has 11 nitrogen and oxygen atoms in total. The van der Waals surface area contributed by atoms with Crippen LogP contribution in [0.2, 0.25) is 0 Å². The van der Waals surface area contributed by atoms with Crippen molar-refractivity contribution < 1.29 is 23.1 Å². The highest BCUT2D eigenvalue weighted by Crippen LogP contribution is 2.22. The zero-order chi connectivity index (χ0) is 18.3. The molecule has 0 saturated carbocycles. The van der Waals surface area contributed by atoms with Gasteiger partial charge in [0.05, 0.1) is 18.9 Å². The summed E-state index contributed by atoms with van der Waals surface area (Å²) in [4.78, 5) is 14.8. The molecular formula is C13H18N6O5S. The molecule has 2 aromatic rings. The van der Waals surface area contributed by atoms with Crippen LogP contribution < -0.4 is 4.90 Å². The van der Waals surface area contributed by atoms with Crippen molar-refractivity contribution in [2.24, 2.45) is 0 Å². The number of tetrazole rings is 1. The lowest BCUT2D eigenvalue weighted by atomic mass is 10.2. The molecule has 2 aromatic heterocycles. The maximum absolute atomic E-state index is 11.3. The van der Waals surface area contributed by atoms with Gasteiger partial charge in [-0.3, -0.25) is 4.79 Å². The molecule has 1 saturated heterocycles. The van der Waals surface area contributed by atoms with Gasteiger partial charge in [0.1, 0.15) is 11.9 Å². The summed E-state index contributed by atoms with van der Waals surface area (Å²) in [5.41, 5.74) is 0.675. The van der Waals surface area contributed by atoms with Crippen LogP contribution in [0.1, 0.15) is 17.5 Å². The van der Waals surface area contributed by atoms with Crippen LogP contribution >= 0.6 is 0 Å². The fourth-order valence-electron chi connectivity index (χ4n) is 2.31. The number of aromatic amines is 1. The van der Waals surface area contributed by atoms with E-state index in [1.807, 2.05) is 6.07 Å². The van der Waals surface area contributed by atoms with Gasteiger partial charge in [-0.2, -0.15) is 5.21 Å². The molecule has 3 rings (SSSR count). The summed E-state index contributed by atoms with van der Waals surface area (Å²) in [5, 5.41) is 20.7. The fourth-order valence-corrected chi connectivity index (χ4v) is 3.09. The van der Waals surface area contributed by atoms with Crippen molar-refractivity contribution in [3.05, 3.63) is 29.7 Å². The molecule has 1 atom stereocenters. The van der Waals surface area contributed by atoms with E-state index in [2.05, 4.69) is 30.5 Å². The zero-order valence-electron chi connectivity index (χ0n) is 13.4. The molecule has 0 amide bonds. The van der Waals surface area contributed by atoms with E-state index in [0.29, 0.717) is 31.1 Å². The third-order valence-electron chi connectivity index (χ3n) is 3.28. The van der Waals surface area contributed by atoms with Gasteiger partial charge in [0.2, 0.25) is 5.82 Å². The summed E-state index contributed by atoms with van der Waals surface area (Å²) in [7, 11) is -3.05. The van der Waals surface area contributed by atoms with Crippen LogP contribution in [0.5, 0.6) is 0 Å². The van der Waals surface area contributed by atoms with Gasteiger partial charge in [0, 0.05) is 19.0 Å². The molecule has 12 heteroatoms. The topological polar surface area (TPSA) is 151 Å². The monoisotopic (exact) mass is 370 g/mol. The summed E-state index contributed by atoms with van der Waals surface area (Å²) < 4.78 is 28.2. The summed E-state index contributed by atoms with van der Waals surface area (Å²) in [6.07, 6.45) is 2.54. The number of hydrogen-bond donors (Lipinski definition) is 2. The van der Waals surface area contributed by atoms with Crippen LogP contribution in [0.15, 0.2) is 18.3 Å². The summed E-state index contributed by atoms with van der Waals surface area (Å²) >= 11 is 0. The van der Waals surface area contributed by atoms with Crippen LogP contribution in [0.4, 0.5) is 5.82 Å². The molecule has 136 valence electrons. The Kier molecular flexibility index (Phi) is 6.36. The second kappa shape index (κ2) is 8.48. The lowest BCUT2D eigenvalue weighted by Gasteiger charge is -2.32. The minimum Gasteiger partial charge on any atom is -0.483 e. The van der Waals surface area contributed by atoms with E-state index in [1.165, 1.54) is 6.26 Å². The van der Waals surface area contributed by atoms with Crippen molar-refractivity contribution >= 4 is 22.1 Å². The molecular weight excluding hydrogens is 352 g/mol. The Balaban J connectivity index is 0.000000701. The van der Waals surface area contributed by atoms with Gasteiger partial charge in [0.25, 0.3) is 6.47 Å². The van der Waals surface area contributed by atoms with Gasteiger partial charge in [-0.05, 0) is 11.6 Å². The van der Waals surface area contributed by atoms with Gasteiger partial charge in [-0.15, -0.1) is 10.2 Å². The standard InChI is InChI=1S/C12H16N6O3S.CH2O2/c1-22(19,20)8-9-2-3-11(13-6-9)18-4-5-21-10(7-18)12-14-16-17-15-12;2-1-3/h2-3,6,10H,4-5,7-8H2,1H3,(H,14,15,16,17);1H,(H,2,3). The maximum Gasteiger partial charge on any atom is 0.290 e. The van der Waals surface area contributed by atoms with Gasteiger partial charge < -0.3 is 14.7 Å². The van der Waals surface area contributed by atoms with E-state index in [0.717, 1.165) is 5.82 Å². The van der Waals surface area contributed by atoms with Gasteiger partial charge in [0.15, 0.2) is 9.84 Å². The van der Waals surface area contributed by atoms with Crippen molar-refractivity contribution in [1.29, 1.82) is 0 Å². The van der Waals surface area contributed by atoms with Crippen LogP contribution in [0.25, 0.3) is 0 Å². The van der Waals surface area contributed by atoms with Crippen LogP contribution in [-0.4, -0.2) is 71.6 Å². The molecule has 1 unspecified atom stereocenters. The normalized spacial score (nSPS) is 17.5. The quantitative estimate of drug-likeness (QED) is 0.668. The molecule has 0 spiro atoms. The van der Waals surface area contributed by atoms with Crippen molar-refractivity contribution in [2.45, 2.75) is 11.9 Å². The smallest absolute Gasteiger partial charge is 0.290 e. The second-order valence-corrected chi connectivity index (χ2v) is 7.42. The number of rotatable bonds is 4. The van der Waals surface area contributed by atoms with Gasteiger partial charge in [-0.1, -0.05) is 11.3 Å². The number of ether oxygens (including phenoxy) is 1. The number of hydrogen-bond acceptors (Lipinski definition) is 9. The number of H-pyrrole nitrogens is 1. The molecule has 2 N–H and O–H groups in total. The minimum absolute atomic E-state index is 0.00508. The van der Waals surface area contributed by atoms with Crippen LogP contribution in [0.3, 0.4) is 0 Å². The summed E-state index contributed by atoms with van der Waals surface area (Å²) in [6, 6.07) is 3.60. The largest absolute Gasteiger partial charge is 0.483 e. The third kappa shape index (κ3) is 5.76. The SMILES string of the molecule is CS(=O)(=O)Cc1ccc(N2CCOC(c3nn[nH]n3)C2)nc1.O=CO. The Hall–Kier alpha value is -2.60. The molecule has 0 radical (unpaired) electrons. The second-order valence-electron chi connectivity index (χ2n) is 5.28. The molecule has 1 aliphatic rings. The Morgan fingerprint density at radius 3 is 2.80 bits per heavy atom. The van der Waals surface area contributed by atoms with Crippen LogP contribution in [-0.2, 0) is 25.1 Å². The first kappa shape index (κ1) is 18.7. The Morgan fingerprint density at radius 2 is 2.24 bits per heavy atom. The number of sulfone groups is 1. The zero-order valence-corrected chi connectivity index (χ0v) is 14.3. The predicted octanol–water partition coefficient (Wildman–Crippen LogP) is -0.582. The van der Waals surface area contributed by atoms with Gasteiger partial charge >= 0.3 is 0 Å². The minimum atomic E-state index is -3.05. The number of carbonyl (C=O) groups is 1. The number of morpholine rings is 1. The molecule has 3 heterocycles. The van der Waals surface area contributed by atoms with E-state index in [-0.39, 0.29) is 18.3 Å². The number of carboxylic acid groups (broad SMARTS) is 1. The number of nitrogens with one attached hydrogen (secondary N) is 1. The third-order valence-corrected chi connectivity index (χ3v) is 4.14. The van der Waals surface area contributed by atoms with E-state index >= 15 is 0 Å². The summed E-state index contributed by atoms with van der Waals surface area (Å²) in [6.45, 7) is 1.55. The lowest BCUT2D eigenvalue weighted by molar-refractivity contribution is -0.122. The number of nitrogens with zero attached hydrogens (tertiary/aromatic N) is 5. The highest BCUT2D eigenvalue weighted by atomic mass is 32.2. The molecule has 1 aliphatic heterocycles. The van der Waals surface area contributed by atoms with Crippen molar-refractivity contribution in [3.8, 4) is 0 Å². The molecule has 0 aromatic carbocycles. The van der Waals surface area contributed by atoms with Crippen molar-refractivity contribution in [3.63, 3.8) is 0 Å². The average molecular weight is 370 g/mol.